The molecule has 116 valence electrons. The van der Waals surface area contributed by atoms with Crippen molar-refractivity contribution in [2.75, 3.05) is 13.1 Å². The van der Waals surface area contributed by atoms with Gasteiger partial charge in [0.05, 0.1) is 11.4 Å². The minimum Gasteiger partial charge on any atom is -0.366 e. The van der Waals surface area contributed by atoms with Crippen molar-refractivity contribution in [1.82, 2.24) is 15.1 Å². The molecule has 0 saturated carbocycles. The van der Waals surface area contributed by atoms with Crippen LogP contribution in [0.2, 0.25) is 0 Å². The van der Waals surface area contributed by atoms with E-state index in [9.17, 15) is 4.79 Å². The highest BCUT2D eigenvalue weighted by atomic mass is 16.1. The number of amides is 1. The third kappa shape index (κ3) is 2.64. The van der Waals surface area contributed by atoms with Gasteiger partial charge in [0, 0.05) is 35.7 Å². The monoisotopic (exact) mass is 298 g/mol. The molecule has 0 bridgehead atoms. The fraction of sp³-hybridized carbons (Fsp3) is 0.412. The molecule has 0 spiro atoms. The van der Waals surface area contributed by atoms with E-state index in [0.29, 0.717) is 11.6 Å². The van der Waals surface area contributed by atoms with Gasteiger partial charge in [-0.15, -0.1) is 0 Å². The molecule has 1 aromatic carbocycles. The summed E-state index contributed by atoms with van der Waals surface area (Å²) in [6.07, 6.45) is 1.94. The molecule has 3 rings (SSSR count). The van der Waals surface area contributed by atoms with Gasteiger partial charge in [-0.25, -0.2) is 0 Å². The summed E-state index contributed by atoms with van der Waals surface area (Å²) < 4.78 is 2.11. The van der Waals surface area contributed by atoms with Gasteiger partial charge >= 0.3 is 0 Å². The number of carbonyl (C=O) groups is 1. The Morgan fingerprint density at radius 1 is 1.23 bits per heavy atom. The largest absolute Gasteiger partial charge is 0.366 e. The van der Waals surface area contributed by atoms with Crippen molar-refractivity contribution in [3.8, 4) is 11.3 Å². The molecule has 5 nitrogen and oxygen atoms in total. The van der Waals surface area contributed by atoms with Crippen LogP contribution in [-0.2, 0) is 12.8 Å². The topological polar surface area (TPSA) is 72.9 Å². The van der Waals surface area contributed by atoms with Gasteiger partial charge in [0.1, 0.15) is 0 Å². The molecule has 0 atom stereocenters. The third-order valence-electron chi connectivity index (χ3n) is 4.11. The highest BCUT2D eigenvalue weighted by Crippen LogP contribution is 2.30. The normalized spacial score (nSPS) is 14.7. The second-order valence-corrected chi connectivity index (χ2v) is 6.00. The maximum Gasteiger partial charge on any atom is 0.248 e. The van der Waals surface area contributed by atoms with Gasteiger partial charge < -0.3 is 11.1 Å². The SMILES string of the molecule is CC(C)n1nc2c(c1-c1ccc(C(N)=O)cc1)CCNCC2. The van der Waals surface area contributed by atoms with Crippen LogP contribution >= 0.6 is 0 Å². The number of benzene rings is 1. The number of aromatic nitrogens is 2. The molecular weight excluding hydrogens is 276 g/mol. The fourth-order valence-electron chi connectivity index (χ4n) is 3.00. The second kappa shape index (κ2) is 5.93. The number of primary amides is 1. The number of rotatable bonds is 3. The molecule has 22 heavy (non-hydrogen) atoms. The summed E-state index contributed by atoms with van der Waals surface area (Å²) in [7, 11) is 0. The summed E-state index contributed by atoms with van der Waals surface area (Å²) in [6, 6.07) is 7.81. The number of fused-ring (bicyclic) bond motifs is 1. The standard InChI is InChI=1S/C17H22N4O/c1-11(2)21-16(12-3-5-13(6-4-12)17(18)22)14-7-9-19-10-8-15(14)20-21/h3-6,11,19H,7-10H2,1-2H3,(H2,18,22). The Balaban J connectivity index is 2.11. The number of nitrogens with one attached hydrogen (secondary N) is 1. The molecule has 3 N–H and O–H groups in total. The fourth-order valence-corrected chi connectivity index (χ4v) is 3.00. The van der Waals surface area contributed by atoms with E-state index in [1.807, 2.05) is 12.1 Å². The first-order valence-electron chi connectivity index (χ1n) is 7.79. The van der Waals surface area contributed by atoms with E-state index in [1.165, 1.54) is 17.0 Å². The van der Waals surface area contributed by atoms with E-state index < -0.39 is 5.91 Å². The van der Waals surface area contributed by atoms with E-state index in [1.54, 1.807) is 12.1 Å². The average molecular weight is 298 g/mol. The predicted molar refractivity (Wildman–Crippen MR) is 86.8 cm³/mol. The lowest BCUT2D eigenvalue weighted by Crippen LogP contribution is -2.17. The first-order chi connectivity index (χ1) is 10.6. The Morgan fingerprint density at radius 3 is 2.55 bits per heavy atom. The quantitative estimate of drug-likeness (QED) is 0.909. The van der Waals surface area contributed by atoms with E-state index in [4.69, 9.17) is 10.8 Å². The van der Waals surface area contributed by atoms with Crippen molar-refractivity contribution in [3.05, 3.63) is 41.1 Å². The van der Waals surface area contributed by atoms with Crippen LogP contribution in [0.3, 0.4) is 0 Å². The lowest BCUT2D eigenvalue weighted by atomic mass is 10.0. The van der Waals surface area contributed by atoms with Crippen LogP contribution in [0, 0.1) is 0 Å². The van der Waals surface area contributed by atoms with Gasteiger partial charge in [-0.1, -0.05) is 12.1 Å². The molecule has 2 aromatic rings. The van der Waals surface area contributed by atoms with Gasteiger partial charge in [0.25, 0.3) is 0 Å². The highest BCUT2D eigenvalue weighted by molar-refractivity contribution is 5.93. The highest BCUT2D eigenvalue weighted by Gasteiger charge is 2.21. The number of carbonyl (C=O) groups excluding carboxylic acids is 1. The zero-order chi connectivity index (χ0) is 15.7. The molecule has 0 radical (unpaired) electrons. The average Bonchev–Trinajstić information content (AvgIpc) is 2.71. The summed E-state index contributed by atoms with van der Waals surface area (Å²) >= 11 is 0. The molecule has 1 amide bonds. The Kier molecular flexibility index (Phi) is 3.98. The number of nitrogens with two attached hydrogens (primary N) is 1. The van der Waals surface area contributed by atoms with Gasteiger partial charge in [0.15, 0.2) is 0 Å². The van der Waals surface area contributed by atoms with Crippen molar-refractivity contribution >= 4 is 5.91 Å². The lowest BCUT2D eigenvalue weighted by Gasteiger charge is -2.13. The molecule has 1 aliphatic heterocycles. The van der Waals surface area contributed by atoms with Crippen LogP contribution in [0.1, 0.15) is 41.5 Å². The first kappa shape index (κ1) is 14.8. The minimum atomic E-state index is -0.396. The molecule has 0 fully saturated rings. The zero-order valence-corrected chi connectivity index (χ0v) is 13.1. The molecule has 1 aromatic heterocycles. The minimum absolute atomic E-state index is 0.297. The van der Waals surface area contributed by atoms with Crippen LogP contribution in [0.5, 0.6) is 0 Å². The maximum absolute atomic E-state index is 11.2. The molecule has 1 aliphatic rings. The van der Waals surface area contributed by atoms with Crippen LogP contribution in [0.4, 0.5) is 0 Å². The van der Waals surface area contributed by atoms with E-state index in [-0.39, 0.29) is 0 Å². The zero-order valence-electron chi connectivity index (χ0n) is 13.1. The number of nitrogens with zero attached hydrogens (tertiary/aromatic N) is 2. The van der Waals surface area contributed by atoms with Crippen LogP contribution in [0.15, 0.2) is 24.3 Å². The molecule has 5 heteroatoms. The maximum atomic E-state index is 11.2. The second-order valence-electron chi connectivity index (χ2n) is 6.00. The molecular formula is C17H22N4O. The first-order valence-corrected chi connectivity index (χ1v) is 7.79. The van der Waals surface area contributed by atoms with E-state index >= 15 is 0 Å². The van der Waals surface area contributed by atoms with E-state index in [0.717, 1.165) is 31.5 Å². The summed E-state index contributed by atoms with van der Waals surface area (Å²) in [5.41, 5.74) is 10.6. The van der Waals surface area contributed by atoms with Gasteiger partial charge in [0.2, 0.25) is 5.91 Å². The Bertz CT molecular complexity index is 685. The smallest absolute Gasteiger partial charge is 0.248 e. The van der Waals surface area contributed by atoms with Gasteiger partial charge in [-0.2, -0.15) is 5.10 Å². The van der Waals surface area contributed by atoms with E-state index in [2.05, 4.69) is 23.8 Å². The Morgan fingerprint density at radius 2 is 1.91 bits per heavy atom. The van der Waals surface area contributed by atoms with Gasteiger partial charge in [-0.05, 0) is 38.9 Å². The summed E-state index contributed by atoms with van der Waals surface area (Å²) in [5.74, 6) is -0.396. The van der Waals surface area contributed by atoms with Crippen molar-refractivity contribution in [3.63, 3.8) is 0 Å². The van der Waals surface area contributed by atoms with Crippen LogP contribution in [-0.4, -0.2) is 28.8 Å². The van der Waals surface area contributed by atoms with Gasteiger partial charge in [-0.3, -0.25) is 9.48 Å². The van der Waals surface area contributed by atoms with Crippen LogP contribution in [0.25, 0.3) is 11.3 Å². The summed E-state index contributed by atoms with van der Waals surface area (Å²) in [5, 5.41) is 8.25. The summed E-state index contributed by atoms with van der Waals surface area (Å²) in [4.78, 5) is 11.2. The molecule has 2 heterocycles. The van der Waals surface area contributed by atoms with Crippen molar-refractivity contribution in [2.45, 2.75) is 32.7 Å². The number of hydrogen-bond acceptors (Lipinski definition) is 3. The molecule has 0 saturated heterocycles. The Hall–Kier alpha value is -2.14. The Labute approximate surface area is 130 Å². The summed E-state index contributed by atoms with van der Waals surface area (Å²) in [6.45, 7) is 6.24. The number of hydrogen-bond donors (Lipinski definition) is 2. The van der Waals surface area contributed by atoms with Crippen molar-refractivity contribution in [2.24, 2.45) is 5.73 Å². The van der Waals surface area contributed by atoms with Crippen molar-refractivity contribution in [1.29, 1.82) is 0 Å². The third-order valence-corrected chi connectivity index (χ3v) is 4.11. The van der Waals surface area contributed by atoms with Crippen LogP contribution < -0.4 is 11.1 Å². The molecule has 0 unspecified atom stereocenters. The molecule has 0 aliphatic carbocycles. The van der Waals surface area contributed by atoms with Crippen molar-refractivity contribution < 1.29 is 4.79 Å². The lowest BCUT2D eigenvalue weighted by molar-refractivity contribution is 0.100. The predicted octanol–water partition coefficient (Wildman–Crippen LogP) is 1.92.